The zero-order valence-electron chi connectivity index (χ0n) is 7.14. The lowest BCUT2D eigenvalue weighted by atomic mass is 10.1. The van der Waals surface area contributed by atoms with Crippen LogP contribution in [0.25, 0.3) is 10.8 Å². The summed E-state index contributed by atoms with van der Waals surface area (Å²) >= 11 is 3.45. The van der Waals surface area contributed by atoms with Crippen LogP contribution in [0.5, 0.6) is 0 Å². The van der Waals surface area contributed by atoms with Crippen molar-refractivity contribution >= 4 is 26.7 Å². The lowest BCUT2D eigenvalue weighted by molar-refractivity contribution is 0.629. The Hall–Kier alpha value is -0.890. The van der Waals surface area contributed by atoms with Crippen LogP contribution in [0.2, 0.25) is 0 Å². The van der Waals surface area contributed by atoms with Crippen LogP contribution in [0.1, 0.15) is 5.56 Å². The van der Waals surface area contributed by atoms with Gasteiger partial charge in [-0.25, -0.2) is 4.39 Å². The lowest BCUT2D eigenvalue weighted by Gasteiger charge is -2.03. The quantitative estimate of drug-likeness (QED) is 0.650. The van der Waals surface area contributed by atoms with E-state index >= 15 is 0 Å². The van der Waals surface area contributed by atoms with E-state index in [0.717, 1.165) is 20.8 Å². The van der Waals surface area contributed by atoms with E-state index < -0.39 is 0 Å². The summed E-state index contributed by atoms with van der Waals surface area (Å²) in [5.74, 6) is -0.196. The Morgan fingerprint density at radius 2 is 1.85 bits per heavy atom. The van der Waals surface area contributed by atoms with Crippen molar-refractivity contribution in [1.82, 2.24) is 0 Å². The molecule has 0 aliphatic carbocycles. The number of halogens is 2. The first-order valence-corrected chi connectivity index (χ1v) is 4.82. The molecule has 0 unspecified atom stereocenters. The molecule has 0 spiro atoms. The second kappa shape index (κ2) is 3.11. The van der Waals surface area contributed by atoms with Crippen LogP contribution in [0.3, 0.4) is 0 Å². The molecular formula is C11H8BrF. The molecule has 2 rings (SSSR count). The van der Waals surface area contributed by atoms with Gasteiger partial charge in [-0.2, -0.15) is 0 Å². The zero-order valence-corrected chi connectivity index (χ0v) is 8.73. The second-order valence-corrected chi connectivity index (χ2v) is 3.85. The SMILES string of the molecule is Cc1ccc2ccc(F)cc2c1Br. The molecular weight excluding hydrogens is 231 g/mol. The standard InChI is InChI=1S/C11H8BrF/c1-7-2-3-8-4-5-9(13)6-10(8)11(7)12/h2-6H,1H3. The molecule has 0 saturated carbocycles. The highest BCUT2D eigenvalue weighted by atomic mass is 79.9. The summed E-state index contributed by atoms with van der Waals surface area (Å²) < 4.78 is 13.9. The van der Waals surface area contributed by atoms with Crippen LogP contribution < -0.4 is 0 Å². The molecule has 0 atom stereocenters. The molecule has 0 aliphatic heterocycles. The predicted molar refractivity (Wildman–Crippen MR) is 56.3 cm³/mol. The van der Waals surface area contributed by atoms with Gasteiger partial charge in [0.15, 0.2) is 0 Å². The molecule has 0 bridgehead atoms. The molecule has 0 radical (unpaired) electrons. The van der Waals surface area contributed by atoms with E-state index in [1.807, 2.05) is 19.1 Å². The summed E-state index contributed by atoms with van der Waals surface area (Å²) in [7, 11) is 0. The van der Waals surface area contributed by atoms with Crippen LogP contribution >= 0.6 is 15.9 Å². The minimum absolute atomic E-state index is 0.196. The normalized spacial score (nSPS) is 10.7. The van der Waals surface area contributed by atoms with Crippen LogP contribution in [-0.2, 0) is 0 Å². The summed E-state index contributed by atoms with van der Waals surface area (Å²) in [4.78, 5) is 0. The number of fused-ring (bicyclic) bond motifs is 1. The molecule has 0 fully saturated rings. The van der Waals surface area contributed by atoms with Crippen LogP contribution in [0.15, 0.2) is 34.8 Å². The highest BCUT2D eigenvalue weighted by Gasteiger charge is 2.02. The van der Waals surface area contributed by atoms with E-state index in [1.54, 1.807) is 12.1 Å². The fourth-order valence-corrected chi connectivity index (χ4v) is 1.84. The Bertz CT molecular complexity index is 458. The number of aryl methyl sites for hydroxylation is 1. The van der Waals surface area contributed by atoms with E-state index in [1.165, 1.54) is 6.07 Å². The van der Waals surface area contributed by atoms with Gasteiger partial charge in [-0.05, 0) is 51.3 Å². The smallest absolute Gasteiger partial charge is 0.123 e. The molecule has 0 saturated heterocycles. The van der Waals surface area contributed by atoms with Gasteiger partial charge in [-0.15, -0.1) is 0 Å². The maximum absolute atomic E-state index is 12.9. The Morgan fingerprint density at radius 1 is 1.15 bits per heavy atom. The van der Waals surface area contributed by atoms with Crippen molar-refractivity contribution < 1.29 is 4.39 Å². The van der Waals surface area contributed by atoms with Gasteiger partial charge in [0.1, 0.15) is 5.82 Å². The molecule has 0 nitrogen and oxygen atoms in total. The first-order valence-electron chi connectivity index (χ1n) is 4.03. The van der Waals surface area contributed by atoms with Crippen molar-refractivity contribution in [3.63, 3.8) is 0 Å². The summed E-state index contributed by atoms with van der Waals surface area (Å²) in [6, 6.07) is 8.82. The number of rotatable bonds is 0. The van der Waals surface area contributed by atoms with Crippen molar-refractivity contribution in [3.8, 4) is 0 Å². The van der Waals surface area contributed by atoms with Gasteiger partial charge in [-0.1, -0.05) is 18.2 Å². The van der Waals surface area contributed by atoms with Gasteiger partial charge < -0.3 is 0 Å². The third-order valence-electron chi connectivity index (χ3n) is 2.11. The third-order valence-corrected chi connectivity index (χ3v) is 3.16. The molecule has 2 aromatic carbocycles. The Labute approximate surface area is 84.5 Å². The molecule has 0 amide bonds. The zero-order chi connectivity index (χ0) is 9.42. The summed E-state index contributed by atoms with van der Waals surface area (Å²) in [6.45, 7) is 1.99. The van der Waals surface area contributed by atoms with Gasteiger partial charge in [0.2, 0.25) is 0 Å². The van der Waals surface area contributed by atoms with Crippen molar-refractivity contribution in [2.45, 2.75) is 6.92 Å². The van der Waals surface area contributed by atoms with Gasteiger partial charge in [0.25, 0.3) is 0 Å². The molecule has 0 N–H and O–H groups in total. The number of hydrogen-bond acceptors (Lipinski definition) is 0. The second-order valence-electron chi connectivity index (χ2n) is 3.06. The fourth-order valence-electron chi connectivity index (χ4n) is 1.36. The molecule has 0 heterocycles. The van der Waals surface area contributed by atoms with Crippen molar-refractivity contribution in [2.24, 2.45) is 0 Å². The molecule has 2 aromatic rings. The van der Waals surface area contributed by atoms with E-state index in [4.69, 9.17) is 0 Å². The van der Waals surface area contributed by atoms with Crippen molar-refractivity contribution in [2.75, 3.05) is 0 Å². The first-order chi connectivity index (χ1) is 6.18. The van der Waals surface area contributed by atoms with Gasteiger partial charge in [0.05, 0.1) is 0 Å². The van der Waals surface area contributed by atoms with Crippen molar-refractivity contribution in [3.05, 3.63) is 46.2 Å². The minimum Gasteiger partial charge on any atom is -0.207 e. The summed E-state index contributed by atoms with van der Waals surface area (Å²) in [6.07, 6.45) is 0. The van der Waals surface area contributed by atoms with E-state index in [9.17, 15) is 4.39 Å². The molecule has 0 aromatic heterocycles. The van der Waals surface area contributed by atoms with Crippen molar-refractivity contribution in [1.29, 1.82) is 0 Å². The van der Waals surface area contributed by atoms with Crippen LogP contribution in [0, 0.1) is 12.7 Å². The van der Waals surface area contributed by atoms with Gasteiger partial charge in [-0.3, -0.25) is 0 Å². The Kier molecular flexibility index (Phi) is 2.08. The summed E-state index contributed by atoms with van der Waals surface area (Å²) in [5, 5.41) is 1.99. The maximum atomic E-state index is 12.9. The van der Waals surface area contributed by atoms with Gasteiger partial charge >= 0.3 is 0 Å². The fraction of sp³-hybridized carbons (Fsp3) is 0.0909. The predicted octanol–water partition coefficient (Wildman–Crippen LogP) is 4.05. The highest BCUT2D eigenvalue weighted by molar-refractivity contribution is 9.10. The highest BCUT2D eigenvalue weighted by Crippen LogP contribution is 2.27. The van der Waals surface area contributed by atoms with E-state index in [0.29, 0.717) is 0 Å². The third kappa shape index (κ3) is 1.46. The molecule has 13 heavy (non-hydrogen) atoms. The minimum atomic E-state index is -0.196. The Morgan fingerprint density at radius 3 is 2.62 bits per heavy atom. The summed E-state index contributed by atoms with van der Waals surface area (Å²) in [5.41, 5.74) is 1.12. The number of benzene rings is 2. The molecule has 0 aliphatic rings. The van der Waals surface area contributed by atoms with Gasteiger partial charge in [0, 0.05) is 4.47 Å². The average molecular weight is 239 g/mol. The molecule has 66 valence electrons. The largest absolute Gasteiger partial charge is 0.207 e. The van der Waals surface area contributed by atoms with Crippen LogP contribution in [-0.4, -0.2) is 0 Å². The maximum Gasteiger partial charge on any atom is 0.123 e. The molecule has 2 heteroatoms. The lowest BCUT2D eigenvalue weighted by Crippen LogP contribution is -1.81. The van der Waals surface area contributed by atoms with E-state index in [-0.39, 0.29) is 5.82 Å². The Balaban J connectivity index is 2.89. The van der Waals surface area contributed by atoms with E-state index in [2.05, 4.69) is 15.9 Å². The first kappa shape index (κ1) is 8.70. The topological polar surface area (TPSA) is 0 Å². The monoisotopic (exact) mass is 238 g/mol. The average Bonchev–Trinajstić information content (AvgIpc) is 2.12. The number of hydrogen-bond donors (Lipinski definition) is 0. The van der Waals surface area contributed by atoms with Crippen LogP contribution in [0.4, 0.5) is 4.39 Å².